The molecule has 0 N–H and O–H groups in total. The van der Waals surface area contributed by atoms with Gasteiger partial charge in [-0.25, -0.2) is 0 Å². The van der Waals surface area contributed by atoms with Gasteiger partial charge in [0.2, 0.25) is 6.54 Å². The van der Waals surface area contributed by atoms with Crippen molar-refractivity contribution in [1.82, 2.24) is 0 Å². The maximum absolute atomic E-state index is 9.72. The van der Waals surface area contributed by atoms with Crippen molar-refractivity contribution in [3.05, 3.63) is 22.3 Å². The third-order valence-electron chi connectivity index (χ3n) is 0.876. The molecule has 0 radical (unpaired) electrons. The summed E-state index contributed by atoms with van der Waals surface area (Å²) in [6.07, 6.45) is 5.41. The molecule has 0 bridgehead atoms. The molecule has 0 rings (SSSR count). The molecule has 0 aromatic heterocycles. The zero-order valence-corrected chi connectivity index (χ0v) is 5.54. The Morgan fingerprint density at radius 1 is 1.56 bits per heavy atom. The SMILES string of the molecule is CCCC=CC[N+](=O)[O-]. The Kier molecular flexibility index (Phi) is 4.78. The Labute approximate surface area is 54.5 Å². The molecule has 0 aliphatic heterocycles. The van der Waals surface area contributed by atoms with Crippen molar-refractivity contribution in [2.75, 3.05) is 6.54 Å². The first-order chi connectivity index (χ1) is 4.27. The van der Waals surface area contributed by atoms with Crippen molar-refractivity contribution in [2.24, 2.45) is 0 Å². The smallest absolute Gasteiger partial charge is 0.222 e. The molecule has 0 heterocycles. The van der Waals surface area contributed by atoms with Gasteiger partial charge in [-0.05, 0) is 12.5 Å². The van der Waals surface area contributed by atoms with Gasteiger partial charge in [0.1, 0.15) is 0 Å². The van der Waals surface area contributed by atoms with Crippen LogP contribution in [0.25, 0.3) is 0 Å². The molecule has 9 heavy (non-hydrogen) atoms. The Morgan fingerprint density at radius 3 is 2.67 bits per heavy atom. The minimum Gasteiger partial charge on any atom is -0.264 e. The van der Waals surface area contributed by atoms with E-state index in [-0.39, 0.29) is 11.5 Å². The average Bonchev–Trinajstić information content (AvgIpc) is 1.80. The summed E-state index contributed by atoms with van der Waals surface area (Å²) in [7, 11) is 0. The van der Waals surface area contributed by atoms with Gasteiger partial charge in [-0.1, -0.05) is 19.4 Å². The first kappa shape index (κ1) is 8.14. The van der Waals surface area contributed by atoms with E-state index in [0.29, 0.717) is 0 Å². The molecule has 0 fully saturated rings. The van der Waals surface area contributed by atoms with E-state index < -0.39 is 0 Å². The normalized spacial score (nSPS) is 10.3. The van der Waals surface area contributed by atoms with Crippen molar-refractivity contribution in [1.29, 1.82) is 0 Å². The fourth-order valence-corrected chi connectivity index (χ4v) is 0.445. The third kappa shape index (κ3) is 7.14. The Bertz CT molecular complexity index is 110. The second kappa shape index (κ2) is 5.28. The molecular weight excluding hydrogens is 118 g/mol. The summed E-state index contributed by atoms with van der Waals surface area (Å²) in [6.45, 7) is 2.00. The molecule has 0 saturated carbocycles. The molecule has 0 aliphatic rings. The number of hydrogen-bond acceptors (Lipinski definition) is 2. The van der Waals surface area contributed by atoms with E-state index in [1.165, 1.54) is 0 Å². The van der Waals surface area contributed by atoms with Gasteiger partial charge in [0, 0.05) is 4.92 Å². The number of nitro groups is 1. The van der Waals surface area contributed by atoms with Crippen LogP contribution in [0.2, 0.25) is 0 Å². The van der Waals surface area contributed by atoms with Gasteiger partial charge in [0.15, 0.2) is 0 Å². The molecule has 0 amide bonds. The standard InChI is InChI=1S/C6H11NO2/c1-2-3-4-5-6-7(8)9/h4-5H,2-3,6H2,1H3. The monoisotopic (exact) mass is 129 g/mol. The number of unbranched alkanes of at least 4 members (excludes halogenated alkanes) is 1. The number of allylic oxidation sites excluding steroid dienone is 1. The molecule has 0 atom stereocenters. The van der Waals surface area contributed by atoms with E-state index in [2.05, 4.69) is 0 Å². The highest BCUT2D eigenvalue weighted by atomic mass is 16.6. The summed E-state index contributed by atoms with van der Waals surface area (Å²) in [6, 6.07) is 0. The van der Waals surface area contributed by atoms with Crippen LogP contribution in [0, 0.1) is 10.1 Å². The van der Waals surface area contributed by atoms with Crippen molar-refractivity contribution in [3.8, 4) is 0 Å². The molecular formula is C6H11NO2. The summed E-state index contributed by atoms with van der Waals surface area (Å²) in [5.74, 6) is 0. The van der Waals surface area contributed by atoms with Crippen LogP contribution in [0.1, 0.15) is 19.8 Å². The Balaban J connectivity index is 3.14. The lowest BCUT2D eigenvalue weighted by molar-refractivity contribution is -0.468. The average molecular weight is 129 g/mol. The van der Waals surface area contributed by atoms with E-state index in [1.807, 2.05) is 13.0 Å². The molecule has 0 aromatic carbocycles. The zero-order valence-electron chi connectivity index (χ0n) is 5.54. The predicted molar refractivity (Wildman–Crippen MR) is 35.9 cm³/mol. The molecule has 0 unspecified atom stereocenters. The van der Waals surface area contributed by atoms with E-state index in [4.69, 9.17) is 0 Å². The largest absolute Gasteiger partial charge is 0.264 e. The highest BCUT2D eigenvalue weighted by molar-refractivity contribution is 4.79. The second-order valence-corrected chi connectivity index (χ2v) is 1.78. The Hall–Kier alpha value is -0.860. The molecule has 0 spiro atoms. The van der Waals surface area contributed by atoms with Crippen molar-refractivity contribution in [3.63, 3.8) is 0 Å². The van der Waals surface area contributed by atoms with E-state index >= 15 is 0 Å². The molecule has 3 nitrogen and oxygen atoms in total. The zero-order chi connectivity index (χ0) is 7.11. The topological polar surface area (TPSA) is 43.1 Å². The summed E-state index contributed by atoms with van der Waals surface area (Å²) >= 11 is 0. The first-order valence-electron chi connectivity index (χ1n) is 3.04. The molecule has 0 aliphatic carbocycles. The summed E-state index contributed by atoms with van der Waals surface area (Å²) in [5.41, 5.74) is 0. The number of hydrogen-bond donors (Lipinski definition) is 0. The van der Waals surface area contributed by atoms with Crippen molar-refractivity contribution < 1.29 is 4.92 Å². The fraction of sp³-hybridized carbons (Fsp3) is 0.667. The van der Waals surface area contributed by atoms with Gasteiger partial charge >= 0.3 is 0 Å². The van der Waals surface area contributed by atoms with E-state index in [0.717, 1.165) is 12.8 Å². The fourth-order valence-electron chi connectivity index (χ4n) is 0.445. The maximum Gasteiger partial charge on any atom is 0.222 e. The van der Waals surface area contributed by atoms with Gasteiger partial charge in [0.05, 0.1) is 0 Å². The van der Waals surface area contributed by atoms with Crippen LogP contribution >= 0.6 is 0 Å². The summed E-state index contributed by atoms with van der Waals surface area (Å²) in [4.78, 5) is 9.38. The lowest BCUT2D eigenvalue weighted by Crippen LogP contribution is -1.95. The van der Waals surface area contributed by atoms with Crippen LogP contribution in [0.15, 0.2) is 12.2 Å². The highest BCUT2D eigenvalue weighted by Gasteiger charge is 1.85. The summed E-state index contributed by atoms with van der Waals surface area (Å²) in [5, 5.41) is 9.72. The van der Waals surface area contributed by atoms with Crippen LogP contribution in [-0.4, -0.2) is 11.5 Å². The van der Waals surface area contributed by atoms with Crippen LogP contribution < -0.4 is 0 Å². The highest BCUT2D eigenvalue weighted by Crippen LogP contribution is 1.87. The molecule has 52 valence electrons. The third-order valence-corrected chi connectivity index (χ3v) is 0.876. The number of nitrogens with zero attached hydrogens (tertiary/aromatic N) is 1. The van der Waals surface area contributed by atoms with Crippen LogP contribution in [-0.2, 0) is 0 Å². The maximum atomic E-state index is 9.72. The van der Waals surface area contributed by atoms with Gasteiger partial charge in [-0.15, -0.1) is 0 Å². The van der Waals surface area contributed by atoms with Crippen LogP contribution in [0.5, 0.6) is 0 Å². The Morgan fingerprint density at radius 2 is 2.22 bits per heavy atom. The van der Waals surface area contributed by atoms with Gasteiger partial charge < -0.3 is 0 Å². The lowest BCUT2D eigenvalue weighted by atomic mass is 10.3. The molecule has 0 aromatic rings. The van der Waals surface area contributed by atoms with Crippen molar-refractivity contribution in [2.45, 2.75) is 19.8 Å². The van der Waals surface area contributed by atoms with Crippen LogP contribution in [0.4, 0.5) is 0 Å². The first-order valence-corrected chi connectivity index (χ1v) is 3.04. The van der Waals surface area contributed by atoms with Gasteiger partial charge in [-0.2, -0.15) is 0 Å². The van der Waals surface area contributed by atoms with Gasteiger partial charge in [0.25, 0.3) is 0 Å². The quantitative estimate of drug-likeness (QED) is 0.329. The van der Waals surface area contributed by atoms with Gasteiger partial charge in [-0.3, -0.25) is 10.1 Å². The predicted octanol–water partition coefficient (Wildman–Crippen LogP) is 1.62. The van der Waals surface area contributed by atoms with E-state index in [9.17, 15) is 10.1 Å². The molecule has 3 heteroatoms. The minimum absolute atomic E-state index is 0.0417. The lowest BCUT2D eigenvalue weighted by Gasteiger charge is -1.82. The van der Waals surface area contributed by atoms with Crippen molar-refractivity contribution >= 4 is 0 Å². The second-order valence-electron chi connectivity index (χ2n) is 1.78. The van der Waals surface area contributed by atoms with Crippen LogP contribution in [0.3, 0.4) is 0 Å². The van der Waals surface area contributed by atoms with E-state index in [1.54, 1.807) is 6.08 Å². The molecule has 0 saturated heterocycles. The minimum atomic E-state index is -0.341. The summed E-state index contributed by atoms with van der Waals surface area (Å²) < 4.78 is 0. The number of rotatable bonds is 4.